The van der Waals surface area contributed by atoms with Gasteiger partial charge in [-0.2, -0.15) is 0 Å². The van der Waals surface area contributed by atoms with Crippen LogP contribution in [0.15, 0.2) is 237 Å². The number of aryl methyl sites for hydroxylation is 3. The van der Waals surface area contributed by atoms with Crippen LogP contribution in [-0.4, -0.2) is 4.57 Å². The molecular formula is C71H61N. The van der Waals surface area contributed by atoms with E-state index in [0.717, 1.165) is 12.8 Å². The van der Waals surface area contributed by atoms with Crippen LogP contribution in [0.25, 0.3) is 72.5 Å². The fraction of sp³-hybridized carbons (Fsp3) is 0.127. The maximum Gasteiger partial charge on any atom is 0.0541 e. The highest BCUT2D eigenvalue weighted by molar-refractivity contribution is 6.14. The topological polar surface area (TPSA) is 4.93 Å². The molecular weight excluding hydrogens is 867 g/mol. The lowest BCUT2D eigenvalue weighted by molar-refractivity contribution is 0.758. The first-order valence-corrected chi connectivity index (χ1v) is 25.7. The number of hydrogen-bond acceptors (Lipinski definition) is 0. The van der Waals surface area contributed by atoms with E-state index in [2.05, 4.69) is 282 Å². The Morgan fingerprint density at radius 3 is 1.79 bits per heavy atom. The first kappa shape index (κ1) is 46.1. The van der Waals surface area contributed by atoms with Crippen LogP contribution in [0.4, 0.5) is 0 Å². The Morgan fingerprint density at radius 1 is 0.431 bits per heavy atom. The van der Waals surface area contributed by atoms with Gasteiger partial charge in [-0.25, -0.2) is 0 Å². The van der Waals surface area contributed by atoms with Crippen molar-refractivity contribution in [2.45, 2.75) is 53.4 Å². The van der Waals surface area contributed by atoms with E-state index in [4.69, 9.17) is 0 Å². The van der Waals surface area contributed by atoms with E-state index in [1.165, 1.54) is 122 Å². The lowest BCUT2D eigenvalue weighted by Gasteiger charge is -2.21. The molecule has 1 aromatic heterocycles. The molecule has 0 saturated heterocycles. The monoisotopic (exact) mass is 927 g/mol. The lowest BCUT2D eigenvalue weighted by atomic mass is 9.86. The van der Waals surface area contributed by atoms with Crippen molar-refractivity contribution in [1.82, 2.24) is 4.57 Å². The Labute approximate surface area is 426 Å². The predicted octanol–water partition coefficient (Wildman–Crippen LogP) is 19.2. The van der Waals surface area contributed by atoms with Crippen molar-refractivity contribution in [2.24, 2.45) is 5.92 Å². The van der Waals surface area contributed by atoms with E-state index in [9.17, 15) is 0 Å². The van der Waals surface area contributed by atoms with Crippen molar-refractivity contribution in [3.63, 3.8) is 0 Å². The quantitative estimate of drug-likeness (QED) is 0.162. The number of aromatic nitrogens is 1. The van der Waals surface area contributed by atoms with E-state index >= 15 is 0 Å². The number of allylic oxidation sites excluding steroid dienone is 5. The van der Waals surface area contributed by atoms with Crippen LogP contribution in [0.5, 0.6) is 0 Å². The standard InChI is InChI=1S/C27H20.C24H21N.C20H20/c1-19-16-17-23-22-14-8-9-15-24(22)27(25(23)18-19)26(20-10-4-2-5-11-20)21-12-6-3-7-13-21;1-16-13-14-24-21(15-16)20-8-3-4-11-22(20)25(24)23-12-6-9-18-17(2)7-5-10-19(18)23;1-15-12-18(17-9-4-3-5-10-17)14-19(13-15)20-11-7-6-8-16(20)2/h2-18H,1H3;3-6,8-15,17H,7H2,1-2H3;3-7,9-14,16H,8H2,1-2H3. The van der Waals surface area contributed by atoms with Crippen molar-refractivity contribution in [2.75, 3.05) is 0 Å². The number of benzene rings is 9. The molecule has 2 atom stereocenters. The molecule has 0 saturated carbocycles. The second kappa shape index (κ2) is 20.2. The van der Waals surface area contributed by atoms with Gasteiger partial charge in [-0.3, -0.25) is 0 Å². The van der Waals surface area contributed by atoms with Crippen molar-refractivity contribution in [3.8, 4) is 27.9 Å². The summed E-state index contributed by atoms with van der Waals surface area (Å²) in [5.74, 6) is 1.18. The summed E-state index contributed by atoms with van der Waals surface area (Å²) in [5.41, 5.74) is 26.5. The molecule has 3 aliphatic rings. The molecule has 0 fully saturated rings. The lowest BCUT2D eigenvalue weighted by Crippen LogP contribution is -2.05. The van der Waals surface area contributed by atoms with Gasteiger partial charge in [0.2, 0.25) is 0 Å². The van der Waals surface area contributed by atoms with E-state index in [1.54, 1.807) is 0 Å². The Balaban J connectivity index is 0.000000118. The zero-order valence-electron chi connectivity index (χ0n) is 42.1. The highest BCUT2D eigenvalue weighted by Gasteiger charge is 2.27. The van der Waals surface area contributed by atoms with Crippen molar-refractivity contribution in [1.29, 1.82) is 0 Å². The first-order chi connectivity index (χ1) is 35.3. The Bertz CT molecular complexity index is 3690. The summed E-state index contributed by atoms with van der Waals surface area (Å²) in [7, 11) is 0. The molecule has 0 bridgehead atoms. The molecule has 3 aliphatic carbocycles. The van der Waals surface area contributed by atoms with Crippen molar-refractivity contribution < 1.29 is 0 Å². The third-order valence-electron chi connectivity index (χ3n) is 14.7. The van der Waals surface area contributed by atoms with E-state index in [0.29, 0.717) is 11.8 Å². The summed E-state index contributed by atoms with van der Waals surface area (Å²) in [6, 6.07) is 76.9. The fourth-order valence-electron chi connectivity index (χ4n) is 11.2. The van der Waals surface area contributed by atoms with Gasteiger partial charge in [0.15, 0.2) is 0 Å². The Kier molecular flexibility index (Phi) is 13.0. The third kappa shape index (κ3) is 9.04. The zero-order valence-corrected chi connectivity index (χ0v) is 42.1. The van der Waals surface area contributed by atoms with Gasteiger partial charge in [0, 0.05) is 16.3 Å². The average Bonchev–Trinajstić information content (AvgIpc) is 3.91. The first-order valence-electron chi connectivity index (χ1n) is 25.7. The molecule has 2 unspecified atom stereocenters. The highest BCUT2D eigenvalue weighted by Crippen LogP contribution is 2.49. The van der Waals surface area contributed by atoms with Gasteiger partial charge in [-0.15, -0.1) is 0 Å². The summed E-state index contributed by atoms with van der Waals surface area (Å²) >= 11 is 0. The molecule has 1 nitrogen and oxygen atoms in total. The molecule has 1 heterocycles. The largest absolute Gasteiger partial charge is 0.309 e. The summed E-state index contributed by atoms with van der Waals surface area (Å²) in [6.45, 7) is 11.1. The molecule has 0 aliphatic heterocycles. The minimum absolute atomic E-state index is 0.579. The van der Waals surface area contributed by atoms with Crippen LogP contribution >= 0.6 is 0 Å². The van der Waals surface area contributed by atoms with E-state index in [1.807, 2.05) is 0 Å². The maximum atomic E-state index is 2.44. The number of nitrogens with zero attached hydrogens (tertiary/aromatic N) is 1. The van der Waals surface area contributed by atoms with Gasteiger partial charge in [-0.1, -0.05) is 237 Å². The highest BCUT2D eigenvalue weighted by atomic mass is 15.0. The maximum absolute atomic E-state index is 2.44. The van der Waals surface area contributed by atoms with Gasteiger partial charge < -0.3 is 4.57 Å². The molecule has 13 rings (SSSR count). The van der Waals surface area contributed by atoms with Crippen LogP contribution < -0.4 is 0 Å². The Morgan fingerprint density at radius 2 is 1.04 bits per heavy atom. The SMILES string of the molecule is Cc1cc(C2=CC=CCC2C)cc(-c2ccccc2)c1.Cc1ccc2c(c1)C(=C(c1ccccc1)c1ccccc1)c1ccccc1-2.Cc1ccc2c(c1)c1ccccc1n2-c1cccc2c1C=CCC2C. The van der Waals surface area contributed by atoms with Crippen LogP contribution in [-0.2, 0) is 0 Å². The normalized spacial score (nSPS) is 15.1. The molecule has 350 valence electrons. The molecule has 10 aromatic rings. The van der Waals surface area contributed by atoms with E-state index in [-0.39, 0.29) is 0 Å². The number of hydrogen-bond donors (Lipinski definition) is 0. The summed E-state index contributed by atoms with van der Waals surface area (Å²) in [6.07, 6.45) is 13.6. The van der Waals surface area contributed by atoms with E-state index < -0.39 is 0 Å². The summed E-state index contributed by atoms with van der Waals surface area (Å²) in [5, 5.41) is 2.66. The van der Waals surface area contributed by atoms with Crippen molar-refractivity contribution >= 4 is 44.6 Å². The smallest absolute Gasteiger partial charge is 0.0541 e. The molecule has 0 radical (unpaired) electrons. The Hall–Kier alpha value is -8.26. The van der Waals surface area contributed by atoms with Crippen LogP contribution in [0.1, 0.15) is 88.2 Å². The van der Waals surface area contributed by atoms with Crippen LogP contribution in [0.2, 0.25) is 0 Å². The van der Waals surface area contributed by atoms with Gasteiger partial charge in [0.25, 0.3) is 0 Å². The molecule has 1 heteroatoms. The third-order valence-corrected chi connectivity index (χ3v) is 14.7. The zero-order chi connectivity index (χ0) is 49.1. The number of fused-ring (bicyclic) bond motifs is 7. The molecule has 9 aromatic carbocycles. The van der Waals surface area contributed by atoms with Crippen LogP contribution in [0.3, 0.4) is 0 Å². The van der Waals surface area contributed by atoms with Gasteiger partial charge >= 0.3 is 0 Å². The predicted molar refractivity (Wildman–Crippen MR) is 310 cm³/mol. The number of para-hydroxylation sites is 1. The average molecular weight is 928 g/mol. The summed E-state index contributed by atoms with van der Waals surface area (Å²) < 4.78 is 2.44. The van der Waals surface area contributed by atoms with Crippen LogP contribution in [0, 0.1) is 26.7 Å². The minimum Gasteiger partial charge on any atom is -0.309 e. The molecule has 0 N–H and O–H groups in total. The van der Waals surface area contributed by atoms with Gasteiger partial charge in [0.1, 0.15) is 0 Å². The summed E-state index contributed by atoms with van der Waals surface area (Å²) in [4.78, 5) is 0. The molecule has 0 spiro atoms. The minimum atomic E-state index is 0.579. The van der Waals surface area contributed by atoms with Crippen molar-refractivity contribution in [3.05, 3.63) is 292 Å². The fourth-order valence-corrected chi connectivity index (χ4v) is 11.2. The molecule has 72 heavy (non-hydrogen) atoms. The van der Waals surface area contributed by atoms with Gasteiger partial charge in [-0.05, 0) is 154 Å². The second-order valence-electron chi connectivity index (χ2n) is 19.9. The molecule has 0 amide bonds. The number of rotatable bonds is 5. The van der Waals surface area contributed by atoms with Gasteiger partial charge in [0.05, 0.1) is 16.7 Å². The second-order valence-corrected chi connectivity index (χ2v) is 19.9.